The molecule has 0 aliphatic rings. The average molecular weight is 337 g/mol. The summed E-state index contributed by atoms with van der Waals surface area (Å²) in [4.78, 5) is 13.2. The number of ether oxygens (including phenoxy) is 2. The molecule has 7 nitrogen and oxygen atoms in total. The van der Waals surface area contributed by atoms with E-state index < -0.39 is 0 Å². The molecule has 1 heterocycles. The van der Waals surface area contributed by atoms with Crippen molar-refractivity contribution >= 4 is 22.7 Å². The predicted molar refractivity (Wildman–Crippen MR) is 97.4 cm³/mol. The number of hydrogen-bond donors (Lipinski definition) is 2. The molecule has 2 aromatic carbocycles. The highest BCUT2D eigenvalue weighted by Crippen LogP contribution is 2.26. The van der Waals surface area contributed by atoms with E-state index in [1.807, 2.05) is 42.5 Å². The van der Waals surface area contributed by atoms with E-state index in [0.29, 0.717) is 29.6 Å². The fourth-order valence-electron chi connectivity index (χ4n) is 2.54. The molecule has 0 spiro atoms. The van der Waals surface area contributed by atoms with Crippen LogP contribution in [0.4, 0.5) is 5.82 Å². The molecule has 3 aromatic rings. The Morgan fingerprint density at radius 2 is 1.68 bits per heavy atom. The third-order valence-electron chi connectivity index (χ3n) is 3.64. The van der Waals surface area contributed by atoms with Crippen LogP contribution in [0.5, 0.6) is 11.5 Å². The van der Waals surface area contributed by atoms with Crippen molar-refractivity contribution in [1.29, 1.82) is 0 Å². The molecule has 1 aromatic heterocycles. The van der Waals surface area contributed by atoms with E-state index in [2.05, 4.69) is 15.0 Å². The second-order valence-corrected chi connectivity index (χ2v) is 5.41. The van der Waals surface area contributed by atoms with Crippen LogP contribution >= 0.6 is 0 Å². The molecule has 0 amide bonds. The van der Waals surface area contributed by atoms with Gasteiger partial charge in [-0.1, -0.05) is 12.1 Å². The van der Waals surface area contributed by atoms with Crippen molar-refractivity contribution in [1.82, 2.24) is 9.97 Å². The second-order valence-electron chi connectivity index (χ2n) is 5.41. The van der Waals surface area contributed by atoms with Gasteiger partial charge in [-0.2, -0.15) is 4.99 Å². The zero-order valence-electron chi connectivity index (χ0n) is 14.1. The summed E-state index contributed by atoms with van der Waals surface area (Å²) in [5.41, 5.74) is 12.8. The number of nitrogens with zero attached hydrogens (tertiary/aromatic N) is 3. The Labute approximate surface area is 145 Å². The molecule has 7 heteroatoms. The van der Waals surface area contributed by atoms with Gasteiger partial charge in [0.1, 0.15) is 17.3 Å². The third kappa shape index (κ3) is 3.77. The maximum absolute atomic E-state index is 5.53. The number of hydrogen-bond acceptors (Lipinski definition) is 5. The first kappa shape index (κ1) is 16.5. The highest BCUT2D eigenvalue weighted by Gasteiger charge is 2.10. The van der Waals surface area contributed by atoms with Gasteiger partial charge in [0.25, 0.3) is 0 Å². The number of methoxy groups -OCH3 is 2. The van der Waals surface area contributed by atoms with Crippen LogP contribution in [0.1, 0.15) is 11.4 Å². The average Bonchev–Trinajstić information content (AvgIpc) is 2.61. The SMILES string of the molecule is COc1cc(Cc2nc(N=C(N)N)c3ccccc3n2)cc(OC)c1. The lowest BCUT2D eigenvalue weighted by Crippen LogP contribution is -2.22. The third-order valence-corrected chi connectivity index (χ3v) is 3.64. The molecular weight excluding hydrogens is 318 g/mol. The van der Waals surface area contributed by atoms with Crippen molar-refractivity contribution in [2.45, 2.75) is 6.42 Å². The molecule has 3 rings (SSSR count). The molecule has 0 unspecified atom stereocenters. The maximum atomic E-state index is 5.53. The van der Waals surface area contributed by atoms with Crippen LogP contribution in [0, 0.1) is 0 Å². The van der Waals surface area contributed by atoms with Gasteiger partial charge in [0.15, 0.2) is 11.8 Å². The van der Waals surface area contributed by atoms with Crippen molar-refractivity contribution in [3.63, 3.8) is 0 Å². The Morgan fingerprint density at radius 1 is 1.00 bits per heavy atom. The topological polar surface area (TPSA) is 109 Å². The molecule has 128 valence electrons. The van der Waals surface area contributed by atoms with Crippen molar-refractivity contribution in [2.24, 2.45) is 16.5 Å². The molecule has 0 radical (unpaired) electrons. The Morgan fingerprint density at radius 3 is 2.32 bits per heavy atom. The molecule has 0 aliphatic heterocycles. The van der Waals surface area contributed by atoms with E-state index >= 15 is 0 Å². The lowest BCUT2D eigenvalue weighted by Gasteiger charge is -2.09. The summed E-state index contributed by atoms with van der Waals surface area (Å²) in [7, 11) is 3.23. The molecule has 0 bridgehead atoms. The molecule has 25 heavy (non-hydrogen) atoms. The number of nitrogens with two attached hydrogens (primary N) is 2. The highest BCUT2D eigenvalue weighted by molar-refractivity contribution is 5.91. The van der Waals surface area contributed by atoms with E-state index in [1.54, 1.807) is 14.2 Å². The minimum absolute atomic E-state index is 0.0437. The summed E-state index contributed by atoms with van der Waals surface area (Å²) in [6, 6.07) is 13.2. The van der Waals surface area contributed by atoms with Crippen LogP contribution in [0.15, 0.2) is 47.5 Å². The largest absolute Gasteiger partial charge is 0.497 e. The smallest absolute Gasteiger partial charge is 0.192 e. The Bertz CT molecular complexity index is 914. The monoisotopic (exact) mass is 337 g/mol. The first-order valence-electron chi connectivity index (χ1n) is 7.66. The van der Waals surface area contributed by atoms with Gasteiger partial charge in [-0.05, 0) is 29.8 Å². The van der Waals surface area contributed by atoms with Crippen LogP contribution in [0.25, 0.3) is 10.9 Å². The predicted octanol–water partition coefficient (Wildman–Crippen LogP) is 2.14. The normalized spacial score (nSPS) is 10.5. The van der Waals surface area contributed by atoms with Crippen molar-refractivity contribution in [2.75, 3.05) is 14.2 Å². The fourth-order valence-corrected chi connectivity index (χ4v) is 2.54. The number of aliphatic imine (C=N–C) groups is 1. The van der Waals surface area contributed by atoms with E-state index in [4.69, 9.17) is 20.9 Å². The second kappa shape index (κ2) is 7.04. The van der Waals surface area contributed by atoms with Gasteiger partial charge in [0.2, 0.25) is 0 Å². The molecule has 0 aliphatic carbocycles. The van der Waals surface area contributed by atoms with Crippen LogP contribution in [0.2, 0.25) is 0 Å². The van der Waals surface area contributed by atoms with Gasteiger partial charge in [-0.25, -0.2) is 9.97 Å². The van der Waals surface area contributed by atoms with Crippen LogP contribution < -0.4 is 20.9 Å². The van der Waals surface area contributed by atoms with Gasteiger partial charge >= 0.3 is 0 Å². The number of fused-ring (bicyclic) bond motifs is 1. The Hall–Kier alpha value is -3.35. The first-order valence-corrected chi connectivity index (χ1v) is 7.66. The van der Waals surface area contributed by atoms with Crippen LogP contribution in [-0.2, 0) is 6.42 Å². The molecule has 4 N–H and O–H groups in total. The van der Waals surface area contributed by atoms with Crippen molar-refractivity contribution in [3.8, 4) is 11.5 Å². The number of benzene rings is 2. The lowest BCUT2D eigenvalue weighted by atomic mass is 10.1. The van der Waals surface area contributed by atoms with Gasteiger partial charge in [-0.3, -0.25) is 0 Å². The standard InChI is InChI=1S/C18H19N5O2/c1-24-12-7-11(8-13(10-12)25-2)9-16-21-15-6-4-3-5-14(15)17(22-16)23-18(19)20/h3-8,10H,9H2,1-2H3,(H4,19,20,21,22,23). The molecule has 0 saturated heterocycles. The first-order chi connectivity index (χ1) is 12.1. The lowest BCUT2D eigenvalue weighted by molar-refractivity contribution is 0.393. The quantitative estimate of drug-likeness (QED) is 0.545. The molecule has 0 saturated carbocycles. The van der Waals surface area contributed by atoms with Crippen molar-refractivity contribution < 1.29 is 9.47 Å². The minimum Gasteiger partial charge on any atom is -0.497 e. The Balaban J connectivity index is 2.06. The minimum atomic E-state index is -0.0437. The summed E-state index contributed by atoms with van der Waals surface area (Å²) in [6.07, 6.45) is 0.491. The molecular formula is C18H19N5O2. The molecule has 0 atom stereocenters. The fraction of sp³-hybridized carbons (Fsp3) is 0.167. The van der Waals surface area contributed by atoms with Crippen LogP contribution in [0.3, 0.4) is 0 Å². The zero-order chi connectivity index (χ0) is 17.8. The van der Waals surface area contributed by atoms with Crippen molar-refractivity contribution in [3.05, 3.63) is 53.9 Å². The summed E-state index contributed by atoms with van der Waals surface area (Å²) in [5, 5.41) is 0.794. The number of rotatable bonds is 5. The Kier molecular flexibility index (Phi) is 4.65. The highest BCUT2D eigenvalue weighted by atomic mass is 16.5. The summed E-state index contributed by atoms with van der Waals surface area (Å²) < 4.78 is 10.6. The zero-order valence-corrected chi connectivity index (χ0v) is 14.1. The summed E-state index contributed by atoms with van der Waals surface area (Å²) in [5.74, 6) is 2.43. The van der Waals surface area contributed by atoms with Crippen LogP contribution in [-0.4, -0.2) is 30.1 Å². The van der Waals surface area contributed by atoms with E-state index in [9.17, 15) is 0 Å². The van der Waals surface area contributed by atoms with E-state index in [1.165, 1.54) is 0 Å². The van der Waals surface area contributed by atoms with E-state index in [-0.39, 0.29) is 5.96 Å². The number of guanidine groups is 1. The molecule has 0 fully saturated rings. The number of aromatic nitrogens is 2. The maximum Gasteiger partial charge on any atom is 0.192 e. The van der Waals surface area contributed by atoms with Gasteiger partial charge in [-0.15, -0.1) is 0 Å². The summed E-state index contributed by atoms with van der Waals surface area (Å²) in [6.45, 7) is 0. The van der Waals surface area contributed by atoms with Gasteiger partial charge in [0, 0.05) is 17.9 Å². The van der Waals surface area contributed by atoms with Gasteiger partial charge in [0.05, 0.1) is 19.7 Å². The van der Waals surface area contributed by atoms with Gasteiger partial charge < -0.3 is 20.9 Å². The van der Waals surface area contributed by atoms with E-state index in [0.717, 1.165) is 16.5 Å². The number of para-hydroxylation sites is 1. The summed E-state index contributed by atoms with van der Waals surface area (Å²) >= 11 is 0.